The van der Waals surface area contributed by atoms with Gasteiger partial charge in [0.1, 0.15) is 0 Å². The molecule has 1 aromatic carbocycles. The van der Waals surface area contributed by atoms with Crippen LogP contribution in [-0.2, 0) is 0 Å². The van der Waals surface area contributed by atoms with E-state index in [1.54, 1.807) is 32.4 Å². The second-order valence-electron chi connectivity index (χ2n) is 5.04. The van der Waals surface area contributed by atoms with Gasteiger partial charge >= 0.3 is 0 Å². The maximum Gasteiger partial charge on any atom is 0.253 e. The molecule has 1 aromatic rings. The number of rotatable bonds is 4. The van der Waals surface area contributed by atoms with E-state index in [1.807, 2.05) is 4.90 Å². The van der Waals surface area contributed by atoms with Crippen LogP contribution in [0.4, 0.5) is 0 Å². The van der Waals surface area contributed by atoms with Crippen LogP contribution in [0.15, 0.2) is 18.2 Å². The maximum atomic E-state index is 12.5. The highest BCUT2D eigenvalue weighted by Crippen LogP contribution is 2.28. The summed E-state index contributed by atoms with van der Waals surface area (Å²) in [6.45, 7) is 2.25. The summed E-state index contributed by atoms with van der Waals surface area (Å²) in [7, 11) is 3.15. The second-order valence-corrected chi connectivity index (χ2v) is 5.04. The van der Waals surface area contributed by atoms with Gasteiger partial charge in [0.05, 0.1) is 14.2 Å². The van der Waals surface area contributed by atoms with E-state index in [2.05, 4.69) is 0 Å². The number of carbonyl (C=O) groups is 1. The van der Waals surface area contributed by atoms with E-state index in [-0.39, 0.29) is 18.3 Å². The molecule has 0 unspecified atom stereocenters. The number of nitrogens with two attached hydrogens (primary N) is 1. The van der Waals surface area contributed by atoms with E-state index in [4.69, 9.17) is 15.2 Å². The molecule has 0 radical (unpaired) electrons. The van der Waals surface area contributed by atoms with Gasteiger partial charge in [0.25, 0.3) is 5.91 Å². The largest absolute Gasteiger partial charge is 0.493 e. The molecule has 5 nitrogen and oxygen atoms in total. The normalized spacial score (nSPS) is 15.3. The Hall–Kier alpha value is -1.46. The Balaban J connectivity index is 0.00000220. The van der Waals surface area contributed by atoms with Crippen LogP contribution in [0.25, 0.3) is 0 Å². The lowest BCUT2D eigenvalue weighted by Crippen LogP contribution is -2.40. The number of nitrogens with zero attached hydrogens (tertiary/aromatic N) is 1. The fraction of sp³-hybridized carbons (Fsp3) is 0.533. The van der Waals surface area contributed by atoms with Crippen molar-refractivity contribution < 1.29 is 14.3 Å². The topological polar surface area (TPSA) is 64.8 Å². The van der Waals surface area contributed by atoms with Gasteiger partial charge in [-0.05, 0) is 43.5 Å². The lowest BCUT2D eigenvalue weighted by atomic mass is 9.96. The predicted molar refractivity (Wildman–Crippen MR) is 84.5 cm³/mol. The van der Waals surface area contributed by atoms with Crippen LogP contribution in [0, 0.1) is 5.92 Å². The third-order valence-corrected chi connectivity index (χ3v) is 3.87. The number of amides is 1. The van der Waals surface area contributed by atoms with E-state index in [0.29, 0.717) is 29.5 Å². The van der Waals surface area contributed by atoms with Crippen LogP contribution >= 0.6 is 12.4 Å². The molecular weight excluding hydrogens is 292 g/mol. The van der Waals surface area contributed by atoms with Crippen molar-refractivity contribution in [2.75, 3.05) is 33.9 Å². The van der Waals surface area contributed by atoms with Crippen LogP contribution in [0.1, 0.15) is 23.2 Å². The molecule has 1 fully saturated rings. The molecule has 118 valence electrons. The van der Waals surface area contributed by atoms with Crippen LogP contribution in [0.5, 0.6) is 11.5 Å². The molecule has 2 rings (SSSR count). The number of carbonyl (C=O) groups excluding carboxylic acids is 1. The first-order chi connectivity index (χ1) is 9.69. The number of halogens is 1. The quantitative estimate of drug-likeness (QED) is 0.922. The first-order valence-corrected chi connectivity index (χ1v) is 6.91. The van der Waals surface area contributed by atoms with Gasteiger partial charge in [0.15, 0.2) is 11.5 Å². The van der Waals surface area contributed by atoms with E-state index in [0.717, 1.165) is 25.9 Å². The number of methoxy groups -OCH3 is 2. The smallest absolute Gasteiger partial charge is 0.253 e. The molecule has 0 bridgehead atoms. The Bertz CT molecular complexity index is 474. The van der Waals surface area contributed by atoms with Gasteiger partial charge in [-0.15, -0.1) is 12.4 Å². The molecule has 0 atom stereocenters. The van der Waals surface area contributed by atoms with Gasteiger partial charge < -0.3 is 20.1 Å². The maximum absolute atomic E-state index is 12.5. The lowest BCUT2D eigenvalue weighted by molar-refractivity contribution is 0.0693. The van der Waals surface area contributed by atoms with Crippen molar-refractivity contribution >= 4 is 18.3 Å². The molecule has 0 aliphatic carbocycles. The van der Waals surface area contributed by atoms with Gasteiger partial charge in [-0.25, -0.2) is 0 Å². The Labute approximate surface area is 131 Å². The molecule has 1 heterocycles. The number of piperidine rings is 1. The number of likely N-dealkylation sites (tertiary alicyclic amines) is 1. The van der Waals surface area contributed by atoms with Crippen LogP contribution in [0.2, 0.25) is 0 Å². The van der Waals surface area contributed by atoms with Crippen molar-refractivity contribution in [3.8, 4) is 11.5 Å². The van der Waals surface area contributed by atoms with Crippen molar-refractivity contribution in [1.29, 1.82) is 0 Å². The zero-order chi connectivity index (χ0) is 14.5. The van der Waals surface area contributed by atoms with Crippen LogP contribution in [0.3, 0.4) is 0 Å². The first kappa shape index (κ1) is 17.6. The molecule has 6 heteroatoms. The molecule has 0 saturated carbocycles. The van der Waals surface area contributed by atoms with E-state index < -0.39 is 0 Å². The summed E-state index contributed by atoms with van der Waals surface area (Å²) in [5.74, 6) is 1.80. The molecule has 1 aliphatic rings. The highest BCUT2D eigenvalue weighted by atomic mass is 35.5. The second kappa shape index (κ2) is 8.10. The summed E-state index contributed by atoms with van der Waals surface area (Å²) >= 11 is 0. The average Bonchev–Trinajstić information content (AvgIpc) is 2.53. The minimum absolute atomic E-state index is 0. The average molecular weight is 315 g/mol. The van der Waals surface area contributed by atoms with Crippen molar-refractivity contribution in [3.63, 3.8) is 0 Å². The van der Waals surface area contributed by atoms with E-state index >= 15 is 0 Å². The molecule has 1 amide bonds. The van der Waals surface area contributed by atoms with Crippen molar-refractivity contribution in [2.45, 2.75) is 12.8 Å². The lowest BCUT2D eigenvalue weighted by Gasteiger charge is -2.31. The standard InChI is InChI=1S/C15H22N2O3.ClH/c1-19-13-4-3-12(9-14(13)20-2)15(18)17-7-5-11(10-16)6-8-17;/h3-4,9,11H,5-8,10,16H2,1-2H3;1H. The van der Waals surface area contributed by atoms with Gasteiger partial charge in [-0.3, -0.25) is 4.79 Å². The Kier molecular flexibility index (Phi) is 6.78. The van der Waals surface area contributed by atoms with E-state index in [9.17, 15) is 4.79 Å². The molecule has 2 N–H and O–H groups in total. The third kappa shape index (κ3) is 4.02. The summed E-state index contributed by atoms with van der Waals surface area (Å²) in [4.78, 5) is 14.3. The summed E-state index contributed by atoms with van der Waals surface area (Å²) in [5, 5.41) is 0. The number of hydrogen-bond acceptors (Lipinski definition) is 4. The van der Waals surface area contributed by atoms with Gasteiger partial charge in [-0.1, -0.05) is 0 Å². The number of hydrogen-bond donors (Lipinski definition) is 1. The van der Waals surface area contributed by atoms with Crippen LogP contribution in [-0.4, -0.2) is 44.7 Å². The minimum Gasteiger partial charge on any atom is -0.493 e. The summed E-state index contributed by atoms with van der Waals surface area (Å²) in [5.41, 5.74) is 6.31. The highest BCUT2D eigenvalue weighted by Gasteiger charge is 2.23. The SMILES string of the molecule is COc1ccc(C(=O)N2CCC(CN)CC2)cc1OC.Cl. The summed E-state index contributed by atoms with van der Waals surface area (Å²) in [6.07, 6.45) is 1.96. The molecule has 21 heavy (non-hydrogen) atoms. The molecular formula is C15H23ClN2O3. The Morgan fingerprint density at radius 2 is 1.86 bits per heavy atom. The first-order valence-electron chi connectivity index (χ1n) is 6.91. The molecule has 0 spiro atoms. The summed E-state index contributed by atoms with van der Waals surface area (Å²) in [6, 6.07) is 5.27. The highest BCUT2D eigenvalue weighted by molar-refractivity contribution is 5.95. The van der Waals surface area contributed by atoms with Crippen molar-refractivity contribution in [2.24, 2.45) is 11.7 Å². The zero-order valence-corrected chi connectivity index (χ0v) is 13.3. The fourth-order valence-corrected chi connectivity index (χ4v) is 2.52. The number of benzene rings is 1. The Morgan fingerprint density at radius 3 is 2.38 bits per heavy atom. The van der Waals surface area contributed by atoms with Crippen molar-refractivity contribution in [1.82, 2.24) is 4.90 Å². The third-order valence-electron chi connectivity index (χ3n) is 3.87. The molecule has 0 aromatic heterocycles. The minimum atomic E-state index is 0. The van der Waals surface area contributed by atoms with Crippen LogP contribution < -0.4 is 15.2 Å². The summed E-state index contributed by atoms with van der Waals surface area (Å²) < 4.78 is 10.4. The Morgan fingerprint density at radius 1 is 1.24 bits per heavy atom. The van der Waals surface area contributed by atoms with E-state index in [1.165, 1.54) is 0 Å². The predicted octanol–water partition coefficient (Wildman–Crippen LogP) is 1.94. The zero-order valence-electron chi connectivity index (χ0n) is 12.5. The van der Waals surface area contributed by atoms with Crippen molar-refractivity contribution in [3.05, 3.63) is 23.8 Å². The van der Waals surface area contributed by atoms with Gasteiger partial charge in [-0.2, -0.15) is 0 Å². The van der Waals surface area contributed by atoms with Gasteiger partial charge in [0.2, 0.25) is 0 Å². The molecule has 1 aliphatic heterocycles. The monoisotopic (exact) mass is 314 g/mol. The fourth-order valence-electron chi connectivity index (χ4n) is 2.52. The molecule has 1 saturated heterocycles. The van der Waals surface area contributed by atoms with Gasteiger partial charge in [0, 0.05) is 18.7 Å². The number of ether oxygens (including phenoxy) is 2.